The SMILES string of the molecule is Cc1ccc([C@H]2COC(CC3=N[C@@H](c4ccc(Cl)c(Cl)c4)CO3)=N2)cc1Cl.Cc1cccc([C@H]2COC(CC3=N[C@@H](c4cccc(F)c4C)CO3)=N2)c1C.c1ccc([C@H]2COC(CC3=N[C@@H](c4ccccc4)CO3)=N2)cc1. The Hall–Kier alpha value is -7.06. The molecule has 0 fully saturated rings. The monoisotopic (exact) mass is 1090 g/mol. The quantitative estimate of drug-likeness (QED) is 0.120. The Morgan fingerprint density at radius 2 is 0.740 bits per heavy atom. The van der Waals surface area contributed by atoms with Gasteiger partial charge in [-0.3, -0.25) is 0 Å². The van der Waals surface area contributed by atoms with Crippen LogP contribution in [-0.2, 0) is 28.4 Å². The number of rotatable bonds is 12. The van der Waals surface area contributed by atoms with Crippen molar-refractivity contribution >= 4 is 70.2 Å². The lowest BCUT2D eigenvalue weighted by Crippen LogP contribution is -2.08. The van der Waals surface area contributed by atoms with Gasteiger partial charge in [-0.2, -0.15) is 0 Å². The molecule has 6 heterocycles. The van der Waals surface area contributed by atoms with Crippen molar-refractivity contribution in [3.8, 4) is 0 Å². The van der Waals surface area contributed by atoms with Crippen LogP contribution < -0.4 is 0 Å². The first-order valence-corrected chi connectivity index (χ1v) is 26.8. The van der Waals surface area contributed by atoms with Crippen molar-refractivity contribution in [3.63, 3.8) is 0 Å². The zero-order chi connectivity index (χ0) is 53.4. The van der Waals surface area contributed by atoms with Crippen LogP contribution in [0.25, 0.3) is 0 Å². The summed E-state index contributed by atoms with van der Waals surface area (Å²) in [6.45, 7) is 11.1. The van der Waals surface area contributed by atoms with Gasteiger partial charge in [0.25, 0.3) is 0 Å². The highest BCUT2D eigenvalue weighted by atomic mass is 35.5. The van der Waals surface area contributed by atoms with Crippen LogP contribution in [0, 0.1) is 33.5 Å². The largest absolute Gasteiger partial charge is 0.478 e. The van der Waals surface area contributed by atoms with Crippen molar-refractivity contribution in [3.05, 3.63) is 210 Å². The van der Waals surface area contributed by atoms with Crippen LogP contribution in [0.4, 0.5) is 4.39 Å². The minimum Gasteiger partial charge on any atom is -0.478 e. The van der Waals surface area contributed by atoms with Crippen LogP contribution >= 0.6 is 34.8 Å². The van der Waals surface area contributed by atoms with Gasteiger partial charge in [-0.05, 0) is 108 Å². The summed E-state index contributed by atoms with van der Waals surface area (Å²) in [4.78, 5) is 27.9. The first kappa shape index (κ1) is 53.3. The fourth-order valence-corrected chi connectivity index (χ4v) is 10.0. The third-order valence-corrected chi connectivity index (χ3v) is 15.3. The molecule has 0 aromatic heterocycles. The molecule has 6 aromatic carbocycles. The summed E-state index contributed by atoms with van der Waals surface area (Å²) in [5.74, 6) is 3.71. The summed E-state index contributed by atoms with van der Waals surface area (Å²) in [6, 6.07) is 43.1. The molecule has 77 heavy (non-hydrogen) atoms. The van der Waals surface area contributed by atoms with Crippen molar-refractivity contribution in [2.75, 3.05) is 39.6 Å². The highest BCUT2D eigenvalue weighted by molar-refractivity contribution is 6.42. The maximum absolute atomic E-state index is 13.8. The molecule has 6 aliphatic heterocycles. The zero-order valence-corrected chi connectivity index (χ0v) is 45.4. The van der Waals surface area contributed by atoms with Crippen LogP contribution in [0.3, 0.4) is 0 Å². The molecule has 0 radical (unpaired) electrons. The lowest BCUT2D eigenvalue weighted by atomic mass is 9.98. The van der Waals surface area contributed by atoms with E-state index in [0.717, 1.165) is 27.3 Å². The predicted molar refractivity (Wildman–Crippen MR) is 303 cm³/mol. The van der Waals surface area contributed by atoms with E-state index < -0.39 is 0 Å². The summed E-state index contributed by atoms with van der Waals surface area (Å²) >= 11 is 18.3. The molecule has 6 atom stereocenters. The van der Waals surface area contributed by atoms with E-state index in [1.807, 2.05) is 79.7 Å². The molecule has 6 aromatic rings. The standard InChI is InChI=1S/C22H23FN2O2.C20H17Cl3N2O2.C19H18N2O2/c1-13-6-4-7-16(14(13)2)19-11-26-21(24-19)10-22-25-20(12-27-22)17-8-5-9-18(23)15(17)3;1-11-2-3-12(6-15(11)22)17-9-26-19(24-17)8-20-25-18(10-27-20)13-4-5-14(21)16(23)7-13;1-3-7-14(8-4-1)16-12-22-18(20-16)11-19-21-17(13-23-19)15-9-5-2-6-10-15/h4-9,19-20H,10-12H2,1-3H3;2-7,17-18H,8-10H2,1H3;1-10,16-17H,11-13H2/t19-,20-;17-,18-;16-,17-/m111/s1. The molecule has 0 bridgehead atoms. The first-order chi connectivity index (χ1) is 37.4. The van der Waals surface area contributed by atoms with E-state index in [1.54, 1.807) is 19.1 Å². The molecular formula is C61H58Cl3FN6O6. The molecule has 0 aliphatic carbocycles. The molecule has 12 nitrogen and oxygen atoms in total. The molecule has 0 spiro atoms. The van der Waals surface area contributed by atoms with Gasteiger partial charge in [0.1, 0.15) is 81.7 Å². The highest BCUT2D eigenvalue weighted by Crippen LogP contribution is 2.34. The minimum atomic E-state index is -0.212. The van der Waals surface area contributed by atoms with E-state index in [0.29, 0.717) is 110 Å². The van der Waals surface area contributed by atoms with Crippen molar-refractivity contribution in [2.45, 2.75) is 83.2 Å². The van der Waals surface area contributed by atoms with E-state index in [2.05, 4.69) is 81.3 Å². The smallest absolute Gasteiger partial charge is 0.193 e. The molecule has 396 valence electrons. The summed E-state index contributed by atoms with van der Waals surface area (Å²) in [5.41, 5.74) is 10.6. The first-order valence-electron chi connectivity index (χ1n) is 25.7. The van der Waals surface area contributed by atoms with Crippen LogP contribution in [-0.4, -0.2) is 75.0 Å². The highest BCUT2D eigenvalue weighted by Gasteiger charge is 2.30. The van der Waals surface area contributed by atoms with E-state index in [4.69, 9.17) is 68.2 Å². The Balaban J connectivity index is 0.000000131. The van der Waals surface area contributed by atoms with Gasteiger partial charge in [-0.15, -0.1) is 0 Å². The summed E-state index contributed by atoms with van der Waals surface area (Å²) in [6.07, 6.45) is 1.41. The second-order valence-corrected chi connectivity index (χ2v) is 20.6. The van der Waals surface area contributed by atoms with Crippen LogP contribution in [0.1, 0.15) is 111 Å². The van der Waals surface area contributed by atoms with Gasteiger partial charge >= 0.3 is 0 Å². The van der Waals surface area contributed by atoms with Crippen LogP contribution in [0.2, 0.25) is 15.1 Å². The van der Waals surface area contributed by atoms with Gasteiger partial charge in [0, 0.05) is 5.02 Å². The van der Waals surface area contributed by atoms with Crippen molar-refractivity contribution < 1.29 is 32.8 Å². The number of benzene rings is 6. The van der Waals surface area contributed by atoms with Crippen molar-refractivity contribution in [2.24, 2.45) is 30.0 Å². The molecule has 6 aliphatic rings. The number of ether oxygens (including phenoxy) is 6. The Bertz CT molecular complexity index is 3080. The Morgan fingerprint density at radius 1 is 0.364 bits per heavy atom. The van der Waals surface area contributed by atoms with Crippen molar-refractivity contribution in [1.29, 1.82) is 0 Å². The average Bonchev–Trinajstić information content (AvgIpc) is 4.34. The second kappa shape index (κ2) is 24.5. The zero-order valence-electron chi connectivity index (χ0n) is 43.2. The predicted octanol–water partition coefficient (Wildman–Crippen LogP) is 14.5. The molecular weight excluding hydrogens is 1040 g/mol. The van der Waals surface area contributed by atoms with Gasteiger partial charge in [-0.25, -0.2) is 34.3 Å². The summed E-state index contributed by atoms with van der Waals surface area (Å²) in [7, 11) is 0. The van der Waals surface area contributed by atoms with Gasteiger partial charge in [0.2, 0.25) is 0 Å². The minimum absolute atomic E-state index is 0.0168. The fraction of sp³-hybridized carbons (Fsp3) is 0.311. The van der Waals surface area contributed by atoms with Gasteiger partial charge < -0.3 is 28.4 Å². The maximum atomic E-state index is 13.8. The molecule has 0 unspecified atom stereocenters. The van der Waals surface area contributed by atoms with E-state index in [1.165, 1.54) is 33.9 Å². The fourth-order valence-electron chi connectivity index (χ4n) is 9.52. The van der Waals surface area contributed by atoms with Crippen LogP contribution in [0.15, 0.2) is 163 Å². The number of halogens is 4. The number of hydrogen-bond donors (Lipinski definition) is 0. The molecule has 16 heteroatoms. The van der Waals surface area contributed by atoms with Gasteiger partial charge in [-0.1, -0.05) is 144 Å². The number of aliphatic imine (C=N–C) groups is 6. The summed E-state index contributed by atoms with van der Waals surface area (Å²) < 4.78 is 48.2. The van der Waals surface area contributed by atoms with Gasteiger partial charge in [0.05, 0.1) is 29.3 Å². The van der Waals surface area contributed by atoms with E-state index in [9.17, 15) is 4.39 Å². The molecule has 12 rings (SSSR count). The van der Waals surface area contributed by atoms with Crippen LogP contribution in [0.5, 0.6) is 0 Å². The lowest BCUT2D eigenvalue weighted by molar-refractivity contribution is 0.299. The van der Waals surface area contributed by atoms with E-state index in [-0.39, 0.29) is 42.1 Å². The van der Waals surface area contributed by atoms with Crippen molar-refractivity contribution in [1.82, 2.24) is 0 Å². The third kappa shape index (κ3) is 13.2. The summed E-state index contributed by atoms with van der Waals surface area (Å²) in [5, 5.41) is 1.78. The Labute approximate surface area is 463 Å². The van der Waals surface area contributed by atoms with Gasteiger partial charge in [0.15, 0.2) is 35.4 Å². The molecule has 0 saturated carbocycles. The normalized spacial score (nSPS) is 21.9. The number of nitrogens with zero attached hydrogens (tertiary/aromatic N) is 6. The number of aryl methyl sites for hydroxylation is 2. The Kier molecular flexibility index (Phi) is 17.0. The molecule has 0 N–H and O–H groups in total. The lowest BCUT2D eigenvalue weighted by Gasteiger charge is -2.11. The third-order valence-electron chi connectivity index (χ3n) is 14.1. The topological polar surface area (TPSA) is 130 Å². The van der Waals surface area contributed by atoms with E-state index >= 15 is 0 Å². The maximum Gasteiger partial charge on any atom is 0.193 e. The number of hydrogen-bond acceptors (Lipinski definition) is 12. The molecule has 0 saturated heterocycles. The molecule has 0 amide bonds. The average molecular weight is 1100 g/mol. The Morgan fingerprint density at radius 3 is 1.18 bits per heavy atom. The second-order valence-electron chi connectivity index (χ2n) is 19.4.